The second kappa shape index (κ2) is 9.90. The fraction of sp³-hybridized carbons (Fsp3) is 0.320. The lowest BCUT2D eigenvalue weighted by atomic mass is 10.0. The lowest BCUT2D eigenvalue weighted by Gasteiger charge is -2.46. The van der Waals surface area contributed by atoms with E-state index < -0.39 is 35.3 Å². The molecule has 198 valence electrons. The molecule has 5 rings (SSSR count). The molecule has 2 N–H and O–H groups in total. The molecule has 2 atom stereocenters. The van der Waals surface area contributed by atoms with Gasteiger partial charge in [0.15, 0.2) is 0 Å². The number of pyridine rings is 1. The van der Waals surface area contributed by atoms with E-state index in [1.807, 2.05) is 16.0 Å². The second-order valence-electron chi connectivity index (χ2n) is 9.10. The molecule has 13 heteroatoms. The minimum Gasteiger partial charge on any atom is -0.370 e. The third-order valence-corrected chi connectivity index (χ3v) is 7.16. The van der Waals surface area contributed by atoms with Gasteiger partial charge in [-0.3, -0.25) is 14.5 Å². The van der Waals surface area contributed by atoms with Crippen molar-refractivity contribution in [3.63, 3.8) is 0 Å². The van der Waals surface area contributed by atoms with Crippen LogP contribution in [0.3, 0.4) is 0 Å². The van der Waals surface area contributed by atoms with Gasteiger partial charge in [-0.1, -0.05) is 11.6 Å². The third kappa shape index (κ3) is 4.92. The number of aromatic nitrogens is 2. The van der Waals surface area contributed by atoms with Crippen molar-refractivity contribution in [1.82, 2.24) is 19.8 Å². The first-order valence-electron chi connectivity index (χ1n) is 11.6. The molecule has 0 spiro atoms. The number of benzene rings is 1. The van der Waals surface area contributed by atoms with Crippen LogP contribution in [0.15, 0.2) is 41.3 Å². The number of nitriles is 1. The summed E-state index contributed by atoms with van der Waals surface area (Å²) in [5, 5.41) is 9.10. The fourth-order valence-corrected chi connectivity index (χ4v) is 5.10. The monoisotopic (exact) mass is 549 g/mol. The van der Waals surface area contributed by atoms with E-state index in [0.717, 1.165) is 18.2 Å². The Kier molecular flexibility index (Phi) is 6.77. The number of aromatic amines is 2. The van der Waals surface area contributed by atoms with Crippen LogP contribution < -0.4 is 5.56 Å². The first kappa shape index (κ1) is 26.0. The molecule has 1 amide bonds. The molecule has 0 saturated carbocycles. The van der Waals surface area contributed by atoms with Crippen molar-refractivity contribution in [2.45, 2.75) is 18.3 Å². The van der Waals surface area contributed by atoms with Crippen molar-refractivity contribution in [3.05, 3.63) is 80.2 Å². The first-order chi connectivity index (χ1) is 18.0. The van der Waals surface area contributed by atoms with Crippen molar-refractivity contribution in [2.24, 2.45) is 0 Å². The van der Waals surface area contributed by atoms with E-state index in [0.29, 0.717) is 12.1 Å². The van der Waals surface area contributed by atoms with E-state index in [-0.39, 0.29) is 59.7 Å². The van der Waals surface area contributed by atoms with Crippen LogP contribution in [0.1, 0.15) is 33.4 Å². The summed E-state index contributed by atoms with van der Waals surface area (Å²) in [7, 11) is 0. The summed E-state index contributed by atoms with van der Waals surface area (Å²) in [6.45, 7) is 1.35. The molecule has 2 aliphatic rings. The van der Waals surface area contributed by atoms with Crippen LogP contribution in [0.25, 0.3) is 11.1 Å². The largest absolute Gasteiger partial charge is 0.431 e. The Morgan fingerprint density at radius 1 is 1.18 bits per heavy atom. The van der Waals surface area contributed by atoms with Gasteiger partial charge in [0.1, 0.15) is 29.4 Å². The van der Waals surface area contributed by atoms with E-state index in [1.165, 1.54) is 23.2 Å². The van der Waals surface area contributed by atoms with E-state index in [1.54, 1.807) is 0 Å². The van der Waals surface area contributed by atoms with Gasteiger partial charge in [0.25, 0.3) is 11.5 Å². The Hall–Kier alpha value is -3.66. The molecule has 2 saturated heterocycles. The molecule has 38 heavy (non-hydrogen) atoms. The number of carbonyl (C=O) groups excluding carboxylic acids is 1. The number of alkyl halides is 3. The van der Waals surface area contributed by atoms with Crippen LogP contribution in [0, 0.1) is 17.1 Å². The number of amides is 1. The molecular formula is C25H20ClF4N5O3. The first-order valence-corrected chi connectivity index (χ1v) is 12.0. The summed E-state index contributed by atoms with van der Waals surface area (Å²) in [5.41, 5.74) is -0.907. The zero-order valence-corrected chi connectivity index (χ0v) is 20.4. The van der Waals surface area contributed by atoms with Crippen molar-refractivity contribution < 1.29 is 27.1 Å². The van der Waals surface area contributed by atoms with Gasteiger partial charge in [-0.2, -0.15) is 18.4 Å². The molecule has 0 aliphatic carbocycles. The Morgan fingerprint density at radius 3 is 2.66 bits per heavy atom. The normalized spacial score (nSPS) is 20.2. The quantitative estimate of drug-likeness (QED) is 0.481. The highest BCUT2D eigenvalue weighted by molar-refractivity contribution is 6.36. The second-order valence-corrected chi connectivity index (χ2v) is 9.48. The molecule has 3 aromatic rings. The average Bonchev–Trinajstić information content (AvgIpc) is 3.37. The number of nitrogens with zero attached hydrogens (tertiary/aromatic N) is 3. The molecule has 0 radical (unpaired) electrons. The maximum absolute atomic E-state index is 14.5. The van der Waals surface area contributed by atoms with E-state index >= 15 is 0 Å². The Morgan fingerprint density at radius 2 is 1.97 bits per heavy atom. The highest BCUT2D eigenvalue weighted by Gasteiger charge is 2.38. The number of carbonyl (C=O) groups is 1. The Labute approximate surface area is 218 Å². The lowest BCUT2D eigenvalue weighted by Crippen LogP contribution is -2.59. The number of halogens is 5. The molecule has 1 aromatic carbocycles. The Balaban J connectivity index is 1.30. The van der Waals surface area contributed by atoms with Crippen molar-refractivity contribution in [2.75, 3.05) is 32.8 Å². The zero-order chi connectivity index (χ0) is 27.2. The molecule has 2 aromatic heterocycles. The molecular weight excluding hydrogens is 530 g/mol. The molecule has 8 nitrogen and oxygen atoms in total. The minimum absolute atomic E-state index is 0.0132. The molecule has 2 fully saturated rings. The van der Waals surface area contributed by atoms with Gasteiger partial charge in [0, 0.05) is 49.1 Å². The summed E-state index contributed by atoms with van der Waals surface area (Å²) < 4.78 is 58.9. The molecule has 0 unspecified atom stereocenters. The number of hydrogen-bond acceptors (Lipinski definition) is 5. The van der Waals surface area contributed by atoms with Gasteiger partial charge in [-0.05, 0) is 30.3 Å². The van der Waals surface area contributed by atoms with Crippen LogP contribution in [-0.2, 0) is 10.9 Å². The topological polar surface area (TPSA) is 105 Å². The van der Waals surface area contributed by atoms with Crippen LogP contribution in [0.4, 0.5) is 17.6 Å². The minimum atomic E-state index is -4.66. The van der Waals surface area contributed by atoms with Crippen LogP contribution in [0.5, 0.6) is 0 Å². The van der Waals surface area contributed by atoms with Gasteiger partial charge in [0.05, 0.1) is 23.2 Å². The zero-order valence-electron chi connectivity index (χ0n) is 19.6. The number of H-pyrrole nitrogens is 2. The summed E-state index contributed by atoms with van der Waals surface area (Å²) in [6, 6.07) is 7.42. The number of piperazine rings is 1. The van der Waals surface area contributed by atoms with Gasteiger partial charge in [-0.25, -0.2) is 4.39 Å². The van der Waals surface area contributed by atoms with Crippen molar-refractivity contribution >= 4 is 17.5 Å². The smallest absolute Gasteiger partial charge is 0.370 e. The number of nitrogens with one attached hydrogen (secondary N) is 2. The van der Waals surface area contributed by atoms with Gasteiger partial charge < -0.3 is 19.6 Å². The number of fused-ring (bicyclic) bond motifs is 1. The summed E-state index contributed by atoms with van der Waals surface area (Å²) in [5.74, 6) is -1.12. The maximum Gasteiger partial charge on any atom is 0.431 e. The van der Waals surface area contributed by atoms with Gasteiger partial charge >= 0.3 is 6.18 Å². The number of hydrogen-bond donors (Lipinski definition) is 2. The predicted octanol–water partition coefficient (Wildman–Crippen LogP) is 3.95. The van der Waals surface area contributed by atoms with Crippen LogP contribution in [-0.4, -0.2) is 64.5 Å². The molecule has 0 bridgehead atoms. The third-order valence-electron chi connectivity index (χ3n) is 6.76. The number of rotatable bonds is 3. The van der Waals surface area contributed by atoms with E-state index in [4.69, 9.17) is 21.6 Å². The number of morpholine rings is 1. The summed E-state index contributed by atoms with van der Waals surface area (Å²) >= 11 is 6.51. The number of ether oxygens (including phenoxy) is 1. The maximum atomic E-state index is 14.5. The van der Waals surface area contributed by atoms with E-state index in [9.17, 15) is 27.2 Å². The summed E-state index contributed by atoms with van der Waals surface area (Å²) in [4.78, 5) is 33.8. The highest BCUT2D eigenvalue weighted by Crippen LogP contribution is 2.34. The average molecular weight is 550 g/mol. The van der Waals surface area contributed by atoms with Crippen molar-refractivity contribution in [3.8, 4) is 17.2 Å². The van der Waals surface area contributed by atoms with Crippen LogP contribution >= 0.6 is 11.6 Å². The predicted molar refractivity (Wildman–Crippen MR) is 128 cm³/mol. The molecule has 4 heterocycles. The van der Waals surface area contributed by atoms with Crippen molar-refractivity contribution in [1.29, 1.82) is 5.26 Å². The van der Waals surface area contributed by atoms with E-state index in [2.05, 4.69) is 4.98 Å². The van der Waals surface area contributed by atoms with Gasteiger partial charge in [-0.15, -0.1) is 0 Å². The molecule has 2 aliphatic heterocycles. The summed E-state index contributed by atoms with van der Waals surface area (Å²) in [6.07, 6.45) is -3.88. The SMILES string of the molecule is N#Cc1cc(-c2cc(F)cc(C(=O)N3CCN4C[C@@H](c5ccc(C(F)(F)F)[nH]c5=O)OC[C@@H]4C3)c2Cl)c[nH]1. The lowest BCUT2D eigenvalue weighted by molar-refractivity contribution is -0.141. The fourth-order valence-electron chi connectivity index (χ4n) is 4.80. The standard InChI is InChI=1S/C25H20ClF4N5O3/c26-22-18(13-5-15(8-31)32-9-13)6-14(27)7-19(22)24(37)35-4-3-34-11-20(38-12-16(34)10-35)17-1-2-21(25(28,29)30)33-23(17)36/h1-2,5-7,9,16,20,32H,3-4,10-12H2,(H,33,36)/t16-,20-/m0/s1. The highest BCUT2D eigenvalue weighted by atomic mass is 35.5. The van der Waals surface area contributed by atoms with Gasteiger partial charge in [0.2, 0.25) is 0 Å². The Bertz CT molecular complexity index is 1500. The van der Waals surface area contributed by atoms with Crippen LogP contribution in [0.2, 0.25) is 5.02 Å².